The lowest BCUT2D eigenvalue weighted by molar-refractivity contribution is -0.143. The number of hydrogen-bond donors (Lipinski definition) is 1. The molecule has 1 rings (SSSR count). The summed E-state index contributed by atoms with van der Waals surface area (Å²) in [5.41, 5.74) is -1.08. The molecular formula is C14H17ClFNO4. The van der Waals surface area contributed by atoms with Gasteiger partial charge in [-0.2, -0.15) is 0 Å². The molecule has 1 N–H and O–H groups in total. The maximum atomic E-state index is 13.9. The lowest BCUT2D eigenvalue weighted by atomic mass is 10.1. The first-order valence-corrected chi connectivity index (χ1v) is 6.55. The topological polar surface area (TPSA) is 66.8 Å². The number of ether oxygens (including phenoxy) is 1. The van der Waals surface area contributed by atoms with Gasteiger partial charge in [-0.25, -0.2) is 14.0 Å². The summed E-state index contributed by atoms with van der Waals surface area (Å²) in [6.45, 7) is 4.93. The van der Waals surface area contributed by atoms with Gasteiger partial charge in [-0.05, 0) is 32.9 Å². The molecule has 5 nitrogen and oxygen atoms in total. The minimum Gasteiger partial charge on any atom is -0.479 e. The maximum absolute atomic E-state index is 13.9. The molecule has 0 spiro atoms. The zero-order chi connectivity index (χ0) is 16.4. The molecule has 0 aromatic heterocycles. The van der Waals surface area contributed by atoms with Crippen molar-refractivity contribution in [3.8, 4) is 0 Å². The zero-order valence-corrected chi connectivity index (χ0v) is 12.9. The van der Waals surface area contributed by atoms with Gasteiger partial charge in [0.15, 0.2) is 6.04 Å². The first kappa shape index (κ1) is 17.2. The Hall–Kier alpha value is -1.82. The number of carbonyl (C=O) groups is 2. The molecule has 116 valence electrons. The molecule has 1 atom stereocenters. The number of carboxylic acid groups (broad SMARTS) is 1. The molecule has 1 aromatic rings. The van der Waals surface area contributed by atoms with Gasteiger partial charge in [0, 0.05) is 17.6 Å². The van der Waals surface area contributed by atoms with Gasteiger partial charge in [-0.1, -0.05) is 17.7 Å². The largest absolute Gasteiger partial charge is 0.479 e. The normalized spacial score (nSPS) is 12.7. The Morgan fingerprint density at radius 1 is 1.38 bits per heavy atom. The smallest absolute Gasteiger partial charge is 0.411 e. The van der Waals surface area contributed by atoms with Crippen LogP contribution in [-0.4, -0.2) is 34.7 Å². The van der Waals surface area contributed by atoms with Crippen molar-refractivity contribution < 1.29 is 23.8 Å². The van der Waals surface area contributed by atoms with Crippen molar-refractivity contribution in [1.82, 2.24) is 4.90 Å². The van der Waals surface area contributed by atoms with Gasteiger partial charge in [0.05, 0.1) is 0 Å². The van der Waals surface area contributed by atoms with E-state index in [1.54, 1.807) is 20.8 Å². The van der Waals surface area contributed by atoms with E-state index in [0.29, 0.717) is 0 Å². The SMILES string of the molecule is CN(C(=O)OC(C)(C)C)C(C(=O)O)c1c(F)cccc1Cl. The average Bonchev–Trinajstić information content (AvgIpc) is 2.30. The predicted octanol–water partition coefficient (Wildman–Crippen LogP) is 3.47. The quantitative estimate of drug-likeness (QED) is 0.927. The standard InChI is InChI=1S/C14H17ClFNO4/c1-14(2,3)21-13(20)17(4)11(12(18)19)10-8(15)6-5-7-9(10)16/h5-7,11H,1-4H3,(H,18,19). The number of benzene rings is 1. The van der Waals surface area contributed by atoms with Gasteiger partial charge < -0.3 is 9.84 Å². The van der Waals surface area contributed by atoms with Gasteiger partial charge in [-0.3, -0.25) is 4.90 Å². The summed E-state index contributed by atoms with van der Waals surface area (Å²) in [7, 11) is 1.22. The lowest BCUT2D eigenvalue weighted by Gasteiger charge is -2.29. The molecule has 1 amide bonds. The number of likely N-dealkylation sites (N-methyl/N-ethyl adjacent to an activating group) is 1. The van der Waals surface area contributed by atoms with Crippen LogP contribution in [0.5, 0.6) is 0 Å². The van der Waals surface area contributed by atoms with E-state index in [0.717, 1.165) is 11.0 Å². The van der Waals surface area contributed by atoms with E-state index < -0.39 is 29.5 Å². The van der Waals surface area contributed by atoms with E-state index in [-0.39, 0.29) is 10.6 Å². The summed E-state index contributed by atoms with van der Waals surface area (Å²) in [6, 6.07) is 2.22. The van der Waals surface area contributed by atoms with E-state index in [1.165, 1.54) is 19.2 Å². The summed E-state index contributed by atoms with van der Waals surface area (Å²) >= 11 is 5.87. The van der Waals surface area contributed by atoms with Crippen LogP contribution in [0, 0.1) is 5.82 Å². The molecule has 0 fully saturated rings. The van der Waals surface area contributed by atoms with Crippen LogP contribution in [0.15, 0.2) is 18.2 Å². The highest BCUT2D eigenvalue weighted by molar-refractivity contribution is 6.31. The number of halogens is 2. The Kier molecular flexibility index (Phi) is 5.17. The number of rotatable bonds is 3. The molecule has 0 saturated heterocycles. The van der Waals surface area contributed by atoms with Crippen LogP contribution in [0.2, 0.25) is 5.02 Å². The molecule has 0 aliphatic rings. The number of carbonyl (C=O) groups excluding carboxylic acids is 1. The molecule has 0 aliphatic carbocycles. The van der Waals surface area contributed by atoms with Crippen LogP contribution in [0.1, 0.15) is 32.4 Å². The van der Waals surface area contributed by atoms with Gasteiger partial charge in [0.25, 0.3) is 0 Å². The Bertz CT molecular complexity index is 536. The second kappa shape index (κ2) is 6.30. The maximum Gasteiger partial charge on any atom is 0.411 e. The van der Waals surface area contributed by atoms with Crippen molar-refractivity contribution >= 4 is 23.7 Å². The van der Waals surface area contributed by atoms with Crippen LogP contribution in [0.3, 0.4) is 0 Å². The minimum absolute atomic E-state index is 0.0715. The highest BCUT2D eigenvalue weighted by atomic mass is 35.5. The van der Waals surface area contributed by atoms with Gasteiger partial charge in [0.2, 0.25) is 0 Å². The minimum atomic E-state index is -1.58. The van der Waals surface area contributed by atoms with E-state index in [2.05, 4.69) is 0 Å². The monoisotopic (exact) mass is 317 g/mol. The Balaban J connectivity index is 3.19. The summed E-state index contributed by atoms with van der Waals surface area (Å²) in [5, 5.41) is 9.25. The van der Waals surface area contributed by atoms with E-state index in [9.17, 15) is 19.1 Å². The Labute approximate surface area is 127 Å². The van der Waals surface area contributed by atoms with Crippen LogP contribution < -0.4 is 0 Å². The summed E-state index contributed by atoms with van der Waals surface area (Å²) in [4.78, 5) is 24.2. The number of carboxylic acids is 1. The van der Waals surface area contributed by atoms with Gasteiger partial charge >= 0.3 is 12.1 Å². The third-order valence-electron chi connectivity index (χ3n) is 2.58. The fraction of sp³-hybridized carbons (Fsp3) is 0.429. The predicted molar refractivity (Wildman–Crippen MR) is 75.8 cm³/mol. The summed E-state index contributed by atoms with van der Waals surface area (Å²) in [5.74, 6) is -2.21. The molecule has 0 bridgehead atoms. The third-order valence-corrected chi connectivity index (χ3v) is 2.91. The number of aliphatic carboxylic acids is 1. The van der Waals surface area contributed by atoms with Gasteiger partial charge in [0.1, 0.15) is 11.4 Å². The molecule has 0 heterocycles. The molecular weight excluding hydrogens is 301 g/mol. The molecule has 21 heavy (non-hydrogen) atoms. The molecule has 0 aliphatic heterocycles. The second-order valence-electron chi connectivity index (χ2n) is 5.47. The van der Waals surface area contributed by atoms with Crippen LogP contribution in [0.4, 0.5) is 9.18 Å². The second-order valence-corrected chi connectivity index (χ2v) is 5.87. The molecule has 1 unspecified atom stereocenters. The van der Waals surface area contributed by atoms with Crippen LogP contribution >= 0.6 is 11.6 Å². The van der Waals surface area contributed by atoms with E-state index >= 15 is 0 Å². The van der Waals surface area contributed by atoms with E-state index in [4.69, 9.17) is 16.3 Å². The van der Waals surface area contributed by atoms with Crippen LogP contribution in [0.25, 0.3) is 0 Å². The third kappa shape index (κ3) is 4.32. The van der Waals surface area contributed by atoms with Crippen molar-refractivity contribution in [2.75, 3.05) is 7.05 Å². The van der Waals surface area contributed by atoms with Gasteiger partial charge in [-0.15, -0.1) is 0 Å². The summed E-state index contributed by atoms with van der Waals surface area (Å²) in [6.07, 6.45) is -0.880. The molecule has 7 heteroatoms. The first-order valence-electron chi connectivity index (χ1n) is 6.17. The molecule has 0 saturated carbocycles. The highest BCUT2D eigenvalue weighted by Crippen LogP contribution is 2.30. The fourth-order valence-electron chi connectivity index (χ4n) is 1.69. The van der Waals surface area contributed by atoms with Crippen molar-refractivity contribution in [2.24, 2.45) is 0 Å². The van der Waals surface area contributed by atoms with Crippen molar-refractivity contribution in [3.63, 3.8) is 0 Å². The summed E-state index contributed by atoms with van der Waals surface area (Å²) < 4.78 is 19.0. The fourth-order valence-corrected chi connectivity index (χ4v) is 1.96. The Morgan fingerprint density at radius 3 is 2.38 bits per heavy atom. The average molecular weight is 318 g/mol. The van der Waals surface area contributed by atoms with E-state index in [1.807, 2.05) is 0 Å². The number of hydrogen-bond acceptors (Lipinski definition) is 3. The van der Waals surface area contributed by atoms with Crippen molar-refractivity contribution in [1.29, 1.82) is 0 Å². The Morgan fingerprint density at radius 2 is 1.95 bits per heavy atom. The first-order chi connectivity index (χ1) is 9.54. The van der Waals surface area contributed by atoms with Crippen molar-refractivity contribution in [2.45, 2.75) is 32.4 Å². The van der Waals surface area contributed by atoms with Crippen molar-refractivity contribution in [3.05, 3.63) is 34.6 Å². The highest BCUT2D eigenvalue weighted by Gasteiger charge is 2.34. The number of nitrogens with zero attached hydrogens (tertiary/aromatic N) is 1. The lowest BCUT2D eigenvalue weighted by Crippen LogP contribution is -2.40. The van der Waals surface area contributed by atoms with Crippen LogP contribution in [-0.2, 0) is 9.53 Å². The zero-order valence-electron chi connectivity index (χ0n) is 12.2. The molecule has 1 aromatic carbocycles. The number of amides is 1. The molecule has 0 radical (unpaired) electrons.